The lowest BCUT2D eigenvalue weighted by atomic mass is 9.98. The highest BCUT2D eigenvalue weighted by Gasteiger charge is 2.26. The van der Waals surface area contributed by atoms with Gasteiger partial charge in [-0.05, 0) is 26.3 Å². The zero-order valence-corrected chi connectivity index (χ0v) is 12.7. The number of carbonyl (C=O) groups excluding carboxylic acids is 1. The maximum absolute atomic E-state index is 11.6. The highest BCUT2D eigenvalue weighted by molar-refractivity contribution is 5.81. The first-order valence-corrected chi connectivity index (χ1v) is 6.76. The van der Waals surface area contributed by atoms with Gasteiger partial charge in [0.25, 0.3) is 0 Å². The Morgan fingerprint density at radius 2 is 1.90 bits per heavy atom. The lowest BCUT2D eigenvalue weighted by molar-refractivity contribution is -0.135. The van der Waals surface area contributed by atoms with Crippen molar-refractivity contribution >= 4 is 12.0 Å². The first-order valence-electron chi connectivity index (χ1n) is 6.76. The van der Waals surface area contributed by atoms with Gasteiger partial charge in [-0.2, -0.15) is 0 Å². The van der Waals surface area contributed by atoms with Gasteiger partial charge in [-0.3, -0.25) is 4.79 Å². The minimum atomic E-state index is -0.976. The molecular weight excluding hydrogens is 272 g/mol. The average molecular weight is 292 g/mol. The average Bonchev–Trinajstić information content (AvgIpc) is 2.42. The molecule has 0 saturated carbocycles. The summed E-state index contributed by atoms with van der Waals surface area (Å²) in [6.07, 6.45) is 4.21. The Morgan fingerprint density at radius 1 is 1.24 bits per heavy atom. The maximum atomic E-state index is 11.6. The van der Waals surface area contributed by atoms with E-state index in [1.54, 1.807) is 39.2 Å². The van der Waals surface area contributed by atoms with E-state index in [4.69, 9.17) is 14.2 Å². The maximum Gasteiger partial charge on any atom is 0.311 e. The molecule has 2 rings (SSSR count). The molecule has 0 bridgehead atoms. The molecule has 0 unspecified atom stereocenters. The van der Waals surface area contributed by atoms with Crippen molar-refractivity contribution in [3.8, 4) is 17.2 Å². The molecule has 0 fully saturated rings. The van der Waals surface area contributed by atoms with Crippen molar-refractivity contribution in [2.24, 2.45) is 0 Å². The highest BCUT2D eigenvalue weighted by atomic mass is 16.5. The summed E-state index contributed by atoms with van der Waals surface area (Å²) in [5.41, 5.74) is 0.494. The first kappa shape index (κ1) is 15.4. The summed E-state index contributed by atoms with van der Waals surface area (Å²) >= 11 is 0. The van der Waals surface area contributed by atoms with E-state index in [1.165, 1.54) is 7.11 Å². The molecule has 0 aliphatic carbocycles. The van der Waals surface area contributed by atoms with E-state index in [0.717, 1.165) is 5.56 Å². The van der Waals surface area contributed by atoms with Gasteiger partial charge in [0, 0.05) is 11.6 Å². The van der Waals surface area contributed by atoms with Gasteiger partial charge in [0.1, 0.15) is 17.2 Å². The second kappa shape index (κ2) is 5.77. The van der Waals surface area contributed by atoms with Crippen molar-refractivity contribution in [2.75, 3.05) is 14.2 Å². The Labute approximate surface area is 124 Å². The fourth-order valence-corrected chi connectivity index (χ4v) is 2.21. The molecule has 5 heteroatoms. The first-order chi connectivity index (χ1) is 9.85. The van der Waals surface area contributed by atoms with Gasteiger partial charge < -0.3 is 19.3 Å². The van der Waals surface area contributed by atoms with Gasteiger partial charge in [0.2, 0.25) is 0 Å². The van der Waals surface area contributed by atoms with E-state index < -0.39 is 5.60 Å². The molecule has 0 saturated heterocycles. The van der Waals surface area contributed by atoms with Gasteiger partial charge in [0.15, 0.2) is 0 Å². The molecule has 1 aromatic rings. The molecule has 114 valence electrons. The number of aliphatic hydroxyl groups is 1. The number of hydrogen-bond donors (Lipinski definition) is 1. The monoisotopic (exact) mass is 292 g/mol. The van der Waals surface area contributed by atoms with Gasteiger partial charge in [-0.1, -0.05) is 6.08 Å². The third-order valence-corrected chi connectivity index (χ3v) is 3.24. The summed E-state index contributed by atoms with van der Waals surface area (Å²) in [5, 5.41) is 9.84. The number of methoxy groups -OCH3 is 2. The highest BCUT2D eigenvalue weighted by Crippen LogP contribution is 2.43. The van der Waals surface area contributed by atoms with E-state index in [9.17, 15) is 9.90 Å². The van der Waals surface area contributed by atoms with Crippen molar-refractivity contribution in [1.82, 2.24) is 0 Å². The van der Waals surface area contributed by atoms with E-state index in [2.05, 4.69) is 0 Å². The van der Waals surface area contributed by atoms with Crippen LogP contribution in [0.15, 0.2) is 12.1 Å². The summed E-state index contributed by atoms with van der Waals surface area (Å²) in [6, 6.07) is 1.77. The third kappa shape index (κ3) is 3.36. The fraction of sp³-hybridized carbons (Fsp3) is 0.438. The lowest BCUT2D eigenvalue weighted by Crippen LogP contribution is -2.18. The van der Waals surface area contributed by atoms with Crippen molar-refractivity contribution < 1.29 is 24.1 Å². The van der Waals surface area contributed by atoms with Crippen LogP contribution in [0.1, 0.15) is 31.4 Å². The van der Waals surface area contributed by atoms with Gasteiger partial charge in [0.05, 0.1) is 31.8 Å². The molecule has 1 aromatic carbocycles. The van der Waals surface area contributed by atoms with Crippen LogP contribution in [0.2, 0.25) is 0 Å². The van der Waals surface area contributed by atoms with E-state index in [0.29, 0.717) is 35.7 Å². The minimum Gasteiger partial charge on any atom is -0.496 e. The quantitative estimate of drug-likeness (QED) is 0.681. The molecule has 1 heterocycles. The molecule has 5 nitrogen and oxygen atoms in total. The molecular formula is C16H20O5. The summed E-state index contributed by atoms with van der Waals surface area (Å²) < 4.78 is 16.1. The third-order valence-electron chi connectivity index (χ3n) is 3.24. The topological polar surface area (TPSA) is 65.0 Å². The summed E-state index contributed by atoms with van der Waals surface area (Å²) in [6.45, 7) is 3.33. The number of fused-ring (bicyclic) bond motifs is 1. The molecule has 1 N–H and O–H groups in total. The molecule has 1 aliphatic rings. The number of benzene rings is 1. The second-order valence-corrected chi connectivity index (χ2v) is 5.46. The van der Waals surface area contributed by atoms with Gasteiger partial charge >= 0.3 is 5.97 Å². The summed E-state index contributed by atoms with van der Waals surface area (Å²) in [4.78, 5) is 11.6. The van der Waals surface area contributed by atoms with Crippen molar-refractivity contribution in [1.29, 1.82) is 0 Å². The number of esters is 1. The van der Waals surface area contributed by atoms with Crippen LogP contribution in [0.25, 0.3) is 6.08 Å². The Hall–Kier alpha value is -2.01. The van der Waals surface area contributed by atoms with Crippen LogP contribution in [-0.2, 0) is 11.2 Å². The van der Waals surface area contributed by atoms with Crippen LogP contribution in [-0.4, -0.2) is 30.9 Å². The molecule has 21 heavy (non-hydrogen) atoms. The Morgan fingerprint density at radius 3 is 2.48 bits per heavy atom. The van der Waals surface area contributed by atoms with Crippen LogP contribution in [0.4, 0.5) is 0 Å². The SMILES string of the molecule is COc1cc(OC)c2c(c1C=CC(C)(C)O)OC(=O)CC2. The van der Waals surface area contributed by atoms with Crippen LogP contribution >= 0.6 is 0 Å². The molecule has 1 aliphatic heterocycles. The predicted octanol–water partition coefficient (Wildman–Crippen LogP) is 2.34. The van der Waals surface area contributed by atoms with Crippen LogP contribution in [0.5, 0.6) is 17.2 Å². The number of rotatable bonds is 4. The predicted molar refractivity (Wildman–Crippen MR) is 78.8 cm³/mol. The largest absolute Gasteiger partial charge is 0.496 e. The number of ether oxygens (including phenoxy) is 3. The zero-order chi connectivity index (χ0) is 15.6. The second-order valence-electron chi connectivity index (χ2n) is 5.46. The van der Waals surface area contributed by atoms with Crippen molar-refractivity contribution in [3.63, 3.8) is 0 Å². The van der Waals surface area contributed by atoms with Crippen LogP contribution in [0.3, 0.4) is 0 Å². The fourth-order valence-electron chi connectivity index (χ4n) is 2.21. The lowest BCUT2D eigenvalue weighted by Gasteiger charge is -2.22. The standard InChI is InChI=1S/C16H20O5/c1-16(2,18)8-7-11-13(20-4)9-12(19-3)10-5-6-14(17)21-15(10)11/h7-9,18H,5-6H2,1-4H3. The summed E-state index contributed by atoms with van der Waals surface area (Å²) in [5.74, 6) is 1.33. The number of carbonyl (C=O) groups is 1. The number of hydrogen-bond acceptors (Lipinski definition) is 5. The van der Waals surface area contributed by atoms with Crippen LogP contribution < -0.4 is 14.2 Å². The molecule has 0 aromatic heterocycles. The van der Waals surface area contributed by atoms with Crippen molar-refractivity contribution in [2.45, 2.75) is 32.3 Å². The molecule has 0 atom stereocenters. The van der Waals surface area contributed by atoms with E-state index in [-0.39, 0.29) is 5.97 Å². The van der Waals surface area contributed by atoms with Gasteiger partial charge in [-0.15, -0.1) is 0 Å². The Bertz CT molecular complexity index is 581. The van der Waals surface area contributed by atoms with E-state index in [1.807, 2.05) is 0 Å². The Kier molecular flexibility index (Phi) is 4.23. The normalized spacial score (nSPS) is 14.8. The minimum absolute atomic E-state index is 0.282. The zero-order valence-electron chi connectivity index (χ0n) is 12.7. The molecule has 0 spiro atoms. The van der Waals surface area contributed by atoms with E-state index >= 15 is 0 Å². The summed E-state index contributed by atoms with van der Waals surface area (Å²) in [7, 11) is 3.10. The van der Waals surface area contributed by atoms with Crippen molar-refractivity contribution in [3.05, 3.63) is 23.3 Å². The molecule has 0 amide bonds. The molecule has 0 radical (unpaired) electrons. The Balaban J connectivity index is 2.61. The van der Waals surface area contributed by atoms with Gasteiger partial charge in [-0.25, -0.2) is 0 Å². The van der Waals surface area contributed by atoms with Crippen LogP contribution in [0, 0.1) is 0 Å². The smallest absolute Gasteiger partial charge is 0.311 e.